The molecule has 1 aromatic heterocycles. The molecule has 0 aliphatic carbocycles. The molecule has 1 unspecified atom stereocenters. The minimum absolute atomic E-state index is 0.773. The number of aromatic nitrogens is 1. The minimum atomic E-state index is 0.773. The van der Waals surface area contributed by atoms with Crippen LogP contribution in [-0.2, 0) is 6.54 Å². The third-order valence-corrected chi connectivity index (χ3v) is 4.03. The van der Waals surface area contributed by atoms with Gasteiger partial charge in [0, 0.05) is 12.1 Å². The highest BCUT2D eigenvalue weighted by Gasteiger charge is 2.18. The van der Waals surface area contributed by atoms with Crippen molar-refractivity contribution in [3.05, 3.63) is 36.4 Å². The van der Waals surface area contributed by atoms with Gasteiger partial charge in [-0.05, 0) is 49.6 Å². The van der Waals surface area contributed by atoms with Crippen molar-refractivity contribution in [3.8, 4) is 17.1 Å². The lowest BCUT2D eigenvalue weighted by Gasteiger charge is -2.29. The van der Waals surface area contributed by atoms with Crippen molar-refractivity contribution in [2.45, 2.75) is 26.3 Å². The molecular formula is C17H22N2O2. The molecule has 0 bridgehead atoms. The maximum absolute atomic E-state index is 5.89. The molecule has 4 heteroatoms. The molecule has 112 valence electrons. The Morgan fingerprint density at radius 3 is 2.86 bits per heavy atom. The monoisotopic (exact) mass is 286 g/mol. The van der Waals surface area contributed by atoms with Crippen molar-refractivity contribution in [2.24, 2.45) is 5.92 Å². The Balaban J connectivity index is 1.67. The normalized spacial score (nSPS) is 19.6. The number of nitrogens with zero attached hydrogens (tertiary/aromatic N) is 2. The van der Waals surface area contributed by atoms with E-state index in [0.717, 1.165) is 48.5 Å². The van der Waals surface area contributed by atoms with Crippen LogP contribution in [0, 0.1) is 5.92 Å². The van der Waals surface area contributed by atoms with E-state index in [1.165, 1.54) is 12.8 Å². The Morgan fingerprint density at radius 2 is 2.14 bits per heavy atom. The summed E-state index contributed by atoms with van der Waals surface area (Å²) in [6, 6.07) is 7.85. The fraction of sp³-hybridized carbons (Fsp3) is 0.471. The van der Waals surface area contributed by atoms with Gasteiger partial charge in [-0.2, -0.15) is 0 Å². The van der Waals surface area contributed by atoms with Gasteiger partial charge in [0.25, 0.3) is 0 Å². The van der Waals surface area contributed by atoms with E-state index in [0.29, 0.717) is 0 Å². The molecule has 1 aliphatic heterocycles. The summed E-state index contributed by atoms with van der Waals surface area (Å²) in [6.07, 6.45) is 4.41. The number of methoxy groups -OCH3 is 1. The quantitative estimate of drug-likeness (QED) is 0.861. The topological polar surface area (TPSA) is 38.5 Å². The van der Waals surface area contributed by atoms with Crippen LogP contribution in [0.1, 0.15) is 25.7 Å². The van der Waals surface area contributed by atoms with Crippen LogP contribution in [0.5, 0.6) is 5.75 Å². The molecule has 21 heavy (non-hydrogen) atoms. The Hall–Kier alpha value is -1.81. The van der Waals surface area contributed by atoms with Gasteiger partial charge in [0.2, 0.25) is 5.89 Å². The van der Waals surface area contributed by atoms with Crippen LogP contribution in [0.25, 0.3) is 11.3 Å². The van der Waals surface area contributed by atoms with Gasteiger partial charge < -0.3 is 9.15 Å². The van der Waals surface area contributed by atoms with Crippen LogP contribution in [0.2, 0.25) is 0 Å². The van der Waals surface area contributed by atoms with Crippen LogP contribution in [-0.4, -0.2) is 30.1 Å². The summed E-state index contributed by atoms with van der Waals surface area (Å²) in [5.41, 5.74) is 1.03. The first kappa shape index (κ1) is 14.1. The van der Waals surface area contributed by atoms with Gasteiger partial charge >= 0.3 is 0 Å². The zero-order chi connectivity index (χ0) is 14.7. The Bertz CT molecular complexity index is 577. The zero-order valence-electron chi connectivity index (χ0n) is 12.7. The average Bonchev–Trinajstić information content (AvgIpc) is 2.96. The Kier molecular flexibility index (Phi) is 4.25. The van der Waals surface area contributed by atoms with Crippen molar-refractivity contribution < 1.29 is 9.15 Å². The van der Waals surface area contributed by atoms with Crippen molar-refractivity contribution >= 4 is 0 Å². The summed E-state index contributed by atoms with van der Waals surface area (Å²) in [5.74, 6) is 3.24. The molecule has 2 heterocycles. The largest absolute Gasteiger partial charge is 0.497 e. The van der Waals surface area contributed by atoms with Crippen LogP contribution in [0.4, 0.5) is 0 Å². The summed E-state index contributed by atoms with van der Waals surface area (Å²) in [6.45, 7) is 5.40. The lowest BCUT2D eigenvalue weighted by Crippen LogP contribution is -2.33. The van der Waals surface area contributed by atoms with Crippen molar-refractivity contribution in [2.75, 3.05) is 20.2 Å². The molecule has 1 fully saturated rings. The fourth-order valence-electron chi connectivity index (χ4n) is 2.89. The smallest absolute Gasteiger partial charge is 0.209 e. The highest BCUT2D eigenvalue weighted by molar-refractivity contribution is 5.57. The van der Waals surface area contributed by atoms with Gasteiger partial charge in [-0.15, -0.1) is 0 Å². The molecule has 0 amide bonds. The molecule has 4 nitrogen and oxygen atoms in total. The van der Waals surface area contributed by atoms with E-state index in [1.807, 2.05) is 30.5 Å². The van der Waals surface area contributed by atoms with E-state index < -0.39 is 0 Å². The standard InChI is InChI=1S/C17H22N2O2/c1-13-4-3-9-19(11-13)12-17-18-10-16(21-17)14-5-7-15(20-2)8-6-14/h5-8,10,13H,3-4,9,11-12H2,1-2H3. The van der Waals surface area contributed by atoms with E-state index in [2.05, 4.69) is 16.8 Å². The molecule has 0 N–H and O–H groups in total. The van der Waals surface area contributed by atoms with Crippen molar-refractivity contribution in [3.63, 3.8) is 0 Å². The van der Waals surface area contributed by atoms with Gasteiger partial charge in [-0.3, -0.25) is 4.90 Å². The molecule has 1 saturated heterocycles. The number of rotatable bonds is 4. The second kappa shape index (κ2) is 6.31. The fourth-order valence-corrected chi connectivity index (χ4v) is 2.89. The predicted octanol–water partition coefficient (Wildman–Crippen LogP) is 3.58. The summed E-state index contributed by atoms with van der Waals surface area (Å²) in [4.78, 5) is 6.84. The second-order valence-corrected chi connectivity index (χ2v) is 5.83. The highest BCUT2D eigenvalue weighted by Crippen LogP contribution is 2.24. The van der Waals surface area contributed by atoms with Crippen molar-refractivity contribution in [1.29, 1.82) is 0 Å². The molecule has 0 saturated carbocycles. The van der Waals surface area contributed by atoms with E-state index in [-0.39, 0.29) is 0 Å². The molecule has 1 aliphatic rings. The Labute approximate surface area is 125 Å². The number of hydrogen-bond acceptors (Lipinski definition) is 4. The lowest BCUT2D eigenvalue weighted by atomic mass is 10.0. The summed E-state index contributed by atoms with van der Waals surface area (Å²) in [7, 11) is 1.67. The molecule has 1 aromatic carbocycles. The number of likely N-dealkylation sites (tertiary alicyclic amines) is 1. The van der Waals surface area contributed by atoms with Crippen LogP contribution >= 0.6 is 0 Å². The number of benzene rings is 1. The summed E-state index contributed by atoms with van der Waals surface area (Å²) < 4.78 is 11.1. The molecular weight excluding hydrogens is 264 g/mol. The first-order valence-corrected chi connectivity index (χ1v) is 7.56. The second-order valence-electron chi connectivity index (χ2n) is 5.83. The van der Waals surface area contributed by atoms with Gasteiger partial charge in [0.05, 0.1) is 19.9 Å². The maximum atomic E-state index is 5.89. The van der Waals surface area contributed by atoms with Crippen LogP contribution in [0.3, 0.4) is 0 Å². The van der Waals surface area contributed by atoms with Crippen molar-refractivity contribution in [1.82, 2.24) is 9.88 Å². The zero-order valence-corrected chi connectivity index (χ0v) is 12.7. The summed E-state index contributed by atoms with van der Waals surface area (Å²) >= 11 is 0. The molecule has 0 radical (unpaired) electrons. The van der Waals surface area contributed by atoms with E-state index in [4.69, 9.17) is 9.15 Å². The minimum Gasteiger partial charge on any atom is -0.497 e. The molecule has 1 atom stereocenters. The SMILES string of the molecule is COc1ccc(-c2cnc(CN3CCCC(C)C3)o2)cc1. The van der Waals surface area contributed by atoms with E-state index in [1.54, 1.807) is 7.11 Å². The number of hydrogen-bond donors (Lipinski definition) is 0. The third-order valence-electron chi connectivity index (χ3n) is 4.03. The first-order valence-electron chi connectivity index (χ1n) is 7.56. The number of piperidine rings is 1. The first-order chi connectivity index (χ1) is 10.2. The highest BCUT2D eigenvalue weighted by atomic mass is 16.5. The van der Waals surface area contributed by atoms with Gasteiger partial charge in [-0.25, -0.2) is 4.98 Å². The average molecular weight is 286 g/mol. The Morgan fingerprint density at radius 1 is 1.33 bits per heavy atom. The van der Waals surface area contributed by atoms with Crippen LogP contribution in [0.15, 0.2) is 34.9 Å². The maximum Gasteiger partial charge on any atom is 0.209 e. The van der Waals surface area contributed by atoms with E-state index in [9.17, 15) is 0 Å². The number of oxazole rings is 1. The molecule has 2 aromatic rings. The summed E-state index contributed by atoms with van der Waals surface area (Å²) in [5, 5.41) is 0. The third kappa shape index (κ3) is 3.45. The lowest BCUT2D eigenvalue weighted by molar-refractivity contribution is 0.163. The van der Waals surface area contributed by atoms with E-state index >= 15 is 0 Å². The number of ether oxygens (including phenoxy) is 1. The van der Waals surface area contributed by atoms with Gasteiger partial charge in [-0.1, -0.05) is 6.92 Å². The van der Waals surface area contributed by atoms with Gasteiger partial charge in [0.15, 0.2) is 5.76 Å². The predicted molar refractivity (Wildman–Crippen MR) is 82.2 cm³/mol. The molecule has 0 spiro atoms. The molecule has 3 rings (SSSR count). The van der Waals surface area contributed by atoms with Gasteiger partial charge in [0.1, 0.15) is 5.75 Å². The van der Waals surface area contributed by atoms with Crippen LogP contribution < -0.4 is 4.74 Å².